The molecular weight excluding hydrogens is 407 g/mol. The Morgan fingerprint density at radius 1 is 1.10 bits per heavy atom. The minimum atomic E-state index is -0.835. The van der Waals surface area contributed by atoms with Crippen LogP contribution in [0.1, 0.15) is 51.2 Å². The lowest BCUT2D eigenvalue weighted by atomic mass is 9.83. The molecule has 1 aliphatic heterocycles. The molecule has 1 unspecified atom stereocenters. The topological polar surface area (TPSA) is 46.6 Å². The van der Waals surface area contributed by atoms with E-state index in [1.807, 2.05) is 0 Å². The number of carbonyl (C=O) groups excluding carboxylic acids is 2. The summed E-state index contributed by atoms with van der Waals surface area (Å²) in [6.07, 6.45) is -0.185. The Kier molecular flexibility index (Phi) is 6.25. The lowest BCUT2D eigenvalue weighted by molar-refractivity contribution is -0.150. The van der Waals surface area contributed by atoms with E-state index in [9.17, 15) is 22.8 Å². The number of allylic oxidation sites excluding steroid dienone is 1. The molecule has 0 aliphatic carbocycles. The summed E-state index contributed by atoms with van der Waals surface area (Å²) in [5.41, 5.74) is -0.102. The molecule has 0 saturated heterocycles. The molecule has 3 rings (SSSR count). The average molecular weight is 431 g/mol. The molecule has 0 fully saturated rings. The Balaban J connectivity index is 2.08. The maximum Gasteiger partial charge on any atom is 0.336 e. The number of hydrogen-bond donors (Lipinski definition) is 0. The zero-order valence-corrected chi connectivity index (χ0v) is 17.8. The van der Waals surface area contributed by atoms with Gasteiger partial charge in [0.2, 0.25) is 5.91 Å². The van der Waals surface area contributed by atoms with Crippen LogP contribution in [0.3, 0.4) is 0 Å². The minimum absolute atomic E-state index is 0.0991. The minimum Gasteiger partial charge on any atom is -0.457 e. The number of halogens is 3. The van der Waals surface area contributed by atoms with Crippen molar-refractivity contribution in [2.24, 2.45) is 0 Å². The summed E-state index contributed by atoms with van der Waals surface area (Å²) in [5.74, 6) is -3.97. The molecule has 1 aliphatic rings. The molecule has 0 spiro atoms. The summed E-state index contributed by atoms with van der Waals surface area (Å²) in [5, 5.41) is 0. The van der Waals surface area contributed by atoms with Crippen molar-refractivity contribution in [1.82, 2.24) is 4.90 Å². The largest absolute Gasteiger partial charge is 0.457 e. The van der Waals surface area contributed by atoms with Crippen LogP contribution in [-0.2, 0) is 20.9 Å². The van der Waals surface area contributed by atoms with Gasteiger partial charge in [-0.15, -0.1) is 0 Å². The van der Waals surface area contributed by atoms with Crippen LogP contribution in [0.25, 0.3) is 0 Å². The van der Waals surface area contributed by atoms with Gasteiger partial charge in [0.1, 0.15) is 23.1 Å². The summed E-state index contributed by atoms with van der Waals surface area (Å²) >= 11 is 0. The Labute approximate surface area is 179 Å². The molecule has 0 saturated carbocycles. The second-order valence-electron chi connectivity index (χ2n) is 8.49. The van der Waals surface area contributed by atoms with Crippen LogP contribution in [0, 0.1) is 17.5 Å². The quantitative estimate of drug-likeness (QED) is 0.623. The van der Waals surface area contributed by atoms with Gasteiger partial charge in [0, 0.05) is 29.7 Å². The Hall–Kier alpha value is -3.09. The van der Waals surface area contributed by atoms with E-state index in [0.717, 1.165) is 12.1 Å². The van der Waals surface area contributed by atoms with Gasteiger partial charge in [0.25, 0.3) is 0 Å². The van der Waals surface area contributed by atoms with Gasteiger partial charge in [-0.2, -0.15) is 0 Å². The maximum absolute atomic E-state index is 14.6. The van der Waals surface area contributed by atoms with Crippen LogP contribution in [0.15, 0.2) is 53.7 Å². The molecule has 1 amide bonds. The van der Waals surface area contributed by atoms with Crippen molar-refractivity contribution >= 4 is 11.9 Å². The highest BCUT2D eigenvalue weighted by Crippen LogP contribution is 2.39. The summed E-state index contributed by atoms with van der Waals surface area (Å²) in [7, 11) is 0. The summed E-state index contributed by atoms with van der Waals surface area (Å²) in [6.45, 7) is 6.48. The number of esters is 1. The summed E-state index contributed by atoms with van der Waals surface area (Å²) < 4.78 is 47.5. The highest BCUT2D eigenvalue weighted by molar-refractivity contribution is 5.96. The molecule has 0 N–H and O–H groups in total. The fourth-order valence-corrected chi connectivity index (χ4v) is 3.64. The van der Waals surface area contributed by atoms with Crippen molar-refractivity contribution in [3.63, 3.8) is 0 Å². The predicted octanol–water partition coefficient (Wildman–Crippen LogP) is 5.24. The van der Waals surface area contributed by atoms with Gasteiger partial charge in [0.15, 0.2) is 0 Å². The van der Waals surface area contributed by atoms with Gasteiger partial charge >= 0.3 is 5.97 Å². The third-order valence-electron chi connectivity index (χ3n) is 5.07. The third kappa shape index (κ3) is 4.98. The second kappa shape index (κ2) is 8.57. The van der Waals surface area contributed by atoms with Crippen LogP contribution in [-0.4, -0.2) is 22.4 Å². The number of rotatable bonds is 4. The molecular formula is C24H24F3NO3. The van der Waals surface area contributed by atoms with Crippen molar-refractivity contribution in [1.29, 1.82) is 0 Å². The Morgan fingerprint density at radius 2 is 1.77 bits per heavy atom. The van der Waals surface area contributed by atoms with Gasteiger partial charge in [-0.1, -0.05) is 24.3 Å². The zero-order chi connectivity index (χ0) is 22.9. The third-order valence-corrected chi connectivity index (χ3v) is 5.07. The highest BCUT2D eigenvalue weighted by atomic mass is 19.1. The van der Waals surface area contributed by atoms with Crippen LogP contribution < -0.4 is 0 Å². The first-order valence-electron chi connectivity index (χ1n) is 9.90. The maximum atomic E-state index is 14.6. The van der Waals surface area contributed by atoms with E-state index in [-0.39, 0.29) is 35.4 Å². The first kappa shape index (κ1) is 22.6. The van der Waals surface area contributed by atoms with Gasteiger partial charge in [-0.3, -0.25) is 4.79 Å². The van der Waals surface area contributed by atoms with Crippen LogP contribution in [0.4, 0.5) is 13.2 Å². The van der Waals surface area contributed by atoms with Gasteiger partial charge in [-0.05, 0) is 45.4 Å². The molecule has 1 heterocycles. The van der Waals surface area contributed by atoms with Gasteiger partial charge in [0.05, 0.1) is 12.1 Å². The predicted molar refractivity (Wildman–Crippen MR) is 109 cm³/mol. The van der Waals surface area contributed by atoms with E-state index < -0.39 is 40.8 Å². The van der Waals surface area contributed by atoms with Crippen molar-refractivity contribution < 1.29 is 27.5 Å². The SMILES string of the molecule is CC1=C(C(=O)OC(C)(C)C)C(c2ccccc2F)CC(=O)N1Cc1ccc(F)cc1F. The first-order valence-corrected chi connectivity index (χ1v) is 9.90. The molecule has 4 nitrogen and oxygen atoms in total. The fourth-order valence-electron chi connectivity index (χ4n) is 3.64. The molecule has 31 heavy (non-hydrogen) atoms. The molecule has 164 valence electrons. The molecule has 2 aromatic carbocycles. The Morgan fingerprint density at radius 3 is 2.39 bits per heavy atom. The van der Waals surface area contributed by atoms with Crippen molar-refractivity contribution in [2.75, 3.05) is 0 Å². The van der Waals surface area contributed by atoms with Crippen molar-refractivity contribution in [3.8, 4) is 0 Å². The number of carbonyl (C=O) groups is 2. The molecule has 0 radical (unpaired) electrons. The van der Waals surface area contributed by atoms with Crippen molar-refractivity contribution in [3.05, 3.63) is 82.3 Å². The second-order valence-corrected chi connectivity index (χ2v) is 8.49. The Bertz CT molecular complexity index is 1060. The molecule has 0 bridgehead atoms. The lowest BCUT2D eigenvalue weighted by Crippen LogP contribution is -2.39. The molecule has 0 aromatic heterocycles. The molecule has 7 heteroatoms. The number of hydrogen-bond acceptors (Lipinski definition) is 3. The van der Waals surface area contributed by atoms with E-state index in [2.05, 4.69) is 0 Å². The van der Waals surface area contributed by atoms with E-state index in [1.54, 1.807) is 33.8 Å². The number of nitrogens with zero attached hydrogens (tertiary/aromatic N) is 1. The zero-order valence-electron chi connectivity index (χ0n) is 17.8. The molecule has 2 aromatic rings. The fraction of sp³-hybridized carbons (Fsp3) is 0.333. The van der Waals surface area contributed by atoms with E-state index >= 15 is 0 Å². The smallest absolute Gasteiger partial charge is 0.336 e. The van der Waals surface area contributed by atoms with Gasteiger partial charge in [-0.25, -0.2) is 18.0 Å². The standard InChI is InChI=1S/C24H24F3NO3/c1-14-22(23(30)31-24(2,3)4)18(17-7-5-6-8-19(17)26)12-21(29)28(14)13-15-9-10-16(25)11-20(15)27/h5-11,18H,12-13H2,1-4H3. The van der Waals surface area contributed by atoms with Crippen LogP contribution >= 0.6 is 0 Å². The highest BCUT2D eigenvalue weighted by Gasteiger charge is 2.39. The number of benzene rings is 2. The van der Waals surface area contributed by atoms with Crippen LogP contribution in [0.5, 0.6) is 0 Å². The number of amides is 1. The molecule has 1 atom stereocenters. The first-order chi connectivity index (χ1) is 14.5. The monoisotopic (exact) mass is 431 g/mol. The van der Waals surface area contributed by atoms with E-state index in [1.165, 1.54) is 29.2 Å². The van der Waals surface area contributed by atoms with Crippen molar-refractivity contribution in [2.45, 2.75) is 52.2 Å². The summed E-state index contributed by atoms with van der Waals surface area (Å²) in [4.78, 5) is 27.3. The normalized spacial score (nSPS) is 17.2. The summed E-state index contributed by atoms with van der Waals surface area (Å²) in [6, 6.07) is 9.04. The lowest BCUT2D eigenvalue weighted by Gasteiger charge is -2.35. The van der Waals surface area contributed by atoms with E-state index in [0.29, 0.717) is 0 Å². The van der Waals surface area contributed by atoms with Crippen LogP contribution in [0.2, 0.25) is 0 Å². The average Bonchev–Trinajstić information content (AvgIpc) is 2.65. The van der Waals surface area contributed by atoms with E-state index in [4.69, 9.17) is 4.74 Å². The van der Waals surface area contributed by atoms with Gasteiger partial charge < -0.3 is 9.64 Å². The number of ether oxygens (including phenoxy) is 1.